The van der Waals surface area contributed by atoms with Crippen molar-refractivity contribution in [2.45, 2.75) is 17.4 Å². The summed E-state index contributed by atoms with van der Waals surface area (Å²) in [7, 11) is 0. The van der Waals surface area contributed by atoms with Crippen molar-refractivity contribution >= 4 is 39.5 Å². The van der Waals surface area contributed by atoms with Gasteiger partial charge in [0.05, 0.1) is 29.4 Å². The number of aromatic nitrogens is 2. The number of aliphatic hydroxyl groups is 1. The number of H-pyrrole nitrogens is 1. The summed E-state index contributed by atoms with van der Waals surface area (Å²) in [5.41, 5.74) is 5.11. The normalized spacial score (nSPS) is 12.2. The number of nitrogens with one attached hydrogen (secondary N) is 2. The Morgan fingerprint density at radius 3 is 2.53 bits per heavy atom. The Morgan fingerprint density at radius 2 is 1.76 bits per heavy atom. The zero-order valence-electron chi connectivity index (χ0n) is 18.8. The third-order valence-electron chi connectivity index (χ3n) is 6.04. The van der Waals surface area contributed by atoms with Crippen LogP contribution in [0.3, 0.4) is 0 Å². The van der Waals surface area contributed by atoms with Crippen LogP contribution in [0.2, 0.25) is 0 Å². The Bertz CT molecular complexity index is 1460. The first-order valence-corrected chi connectivity index (χ1v) is 12.4. The number of nitrogens with zero attached hydrogens (tertiary/aromatic N) is 1. The lowest BCUT2D eigenvalue weighted by atomic mass is 10.0. The summed E-state index contributed by atoms with van der Waals surface area (Å²) >= 11 is 1.68. The molecule has 1 amide bonds. The number of pyridine rings is 1. The van der Waals surface area contributed by atoms with E-state index in [4.69, 9.17) is 4.98 Å². The van der Waals surface area contributed by atoms with Gasteiger partial charge in [-0.05, 0) is 48.6 Å². The number of para-hydroxylation sites is 2. The van der Waals surface area contributed by atoms with Crippen LogP contribution in [0, 0.1) is 0 Å². The van der Waals surface area contributed by atoms with E-state index in [0.29, 0.717) is 12.0 Å². The zero-order valence-corrected chi connectivity index (χ0v) is 19.6. The van der Waals surface area contributed by atoms with Gasteiger partial charge in [0.15, 0.2) is 0 Å². The smallest absolute Gasteiger partial charge is 0.252 e. The monoisotopic (exact) mass is 467 g/mol. The lowest BCUT2D eigenvalue weighted by Gasteiger charge is -2.17. The molecule has 0 saturated heterocycles. The van der Waals surface area contributed by atoms with Crippen LogP contribution in [0.25, 0.3) is 33.1 Å². The molecular weight excluding hydrogens is 442 g/mol. The van der Waals surface area contributed by atoms with E-state index in [1.807, 2.05) is 79.2 Å². The third kappa shape index (κ3) is 4.42. The molecule has 5 aromatic rings. The molecule has 170 valence electrons. The Balaban J connectivity index is 1.46. The number of benzene rings is 3. The number of rotatable bonds is 7. The van der Waals surface area contributed by atoms with Gasteiger partial charge in [0.2, 0.25) is 0 Å². The highest BCUT2D eigenvalue weighted by molar-refractivity contribution is 7.98. The van der Waals surface area contributed by atoms with Gasteiger partial charge in [0.1, 0.15) is 0 Å². The van der Waals surface area contributed by atoms with Gasteiger partial charge in [0, 0.05) is 32.9 Å². The second-order valence-electron chi connectivity index (χ2n) is 8.22. The van der Waals surface area contributed by atoms with Gasteiger partial charge in [-0.25, -0.2) is 4.98 Å². The van der Waals surface area contributed by atoms with Crippen molar-refractivity contribution in [2.75, 3.05) is 12.9 Å². The van der Waals surface area contributed by atoms with Crippen LogP contribution in [0.4, 0.5) is 0 Å². The van der Waals surface area contributed by atoms with Crippen LogP contribution in [0.5, 0.6) is 0 Å². The van der Waals surface area contributed by atoms with Crippen molar-refractivity contribution in [1.29, 1.82) is 0 Å². The molecule has 0 aliphatic heterocycles. The summed E-state index contributed by atoms with van der Waals surface area (Å²) in [5.74, 6) is -0.223. The molecule has 1 atom stereocenters. The average molecular weight is 468 g/mol. The molecule has 0 spiro atoms. The predicted octanol–water partition coefficient (Wildman–Crippen LogP) is 5.44. The molecular formula is C28H25N3O2S. The molecule has 2 aromatic heterocycles. The topological polar surface area (TPSA) is 78.0 Å². The number of hydrogen-bond acceptors (Lipinski definition) is 4. The molecule has 2 heterocycles. The molecule has 34 heavy (non-hydrogen) atoms. The molecule has 5 nitrogen and oxygen atoms in total. The third-order valence-corrected chi connectivity index (χ3v) is 6.79. The SMILES string of the molecule is CSc1ccc(-c2cc(C(=O)NC(CO)Cc3c[nH]c4ccccc34)c3ccccc3n2)cc1. The highest BCUT2D eigenvalue weighted by Gasteiger charge is 2.19. The van der Waals surface area contributed by atoms with Gasteiger partial charge < -0.3 is 15.4 Å². The van der Waals surface area contributed by atoms with Crippen molar-refractivity contribution in [3.8, 4) is 11.3 Å². The number of amides is 1. The largest absolute Gasteiger partial charge is 0.394 e. The molecule has 0 bridgehead atoms. The number of aromatic amines is 1. The Kier molecular flexibility index (Phi) is 6.34. The first-order chi connectivity index (χ1) is 16.7. The standard InChI is InChI=1S/C28H25N3O2S/c1-34-21-12-10-18(11-13-21)27-15-24(23-7-3-5-9-26(23)31-27)28(33)30-20(17-32)14-19-16-29-25-8-4-2-6-22(19)25/h2-13,15-16,20,29,32H,14,17H2,1H3,(H,30,33). The van der Waals surface area contributed by atoms with E-state index in [-0.39, 0.29) is 12.5 Å². The van der Waals surface area contributed by atoms with E-state index in [1.54, 1.807) is 11.8 Å². The summed E-state index contributed by atoms with van der Waals surface area (Å²) in [6.45, 7) is -0.155. The molecule has 0 aliphatic rings. The fourth-order valence-electron chi connectivity index (χ4n) is 4.26. The number of fused-ring (bicyclic) bond motifs is 2. The maximum Gasteiger partial charge on any atom is 0.252 e. The van der Waals surface area contributed by atoms with Crippen LogP contribution in [-0.2, 0) is 6.42 Å². The van der Waals surface area contributed by atoms with E-state index in [9.17, 15) is 9.90 Å². The van der Waals surface area contributed by atoms with Gasteiger partial charge in [-0.1, -0.05) is 48.5 Å². The van der Waals surface area contributed by atoms with E-state index in [0.717, 1.165) is 38.6 Å². The zero-order chi connectivity index (χ0) is 23.5. The molecule has 0 saturated carbocycles. The second kappa shape index (κ2) is 9.71. The van der Waals surface area contributed by atoms with Crippen LogP contribution in [0.1, 0.15) is 15.9 Å². The predicted molar refractivity (Wildman–Crippen MR) is 139 cm³/mol. The van der Waals surface area contributed by atoms with E-state index >= 15 is 0 Å². The minimum absolute atomic E-state index is 0.155. The Labute approximate surface area is 202 Å². The fraction of sp³-hybridized carbons (Fsp3) is 0.143. The molecule has 0 fully saturated rings. The van der Waals surface area contributed by atoms with Crippen molar-refractivity contribution in [2.24, 2.45) is 0 Å². The molecule has 3 aromatic carbocycles. The second-order valence-corrected chi connectivity index (χ2v) is 9.10. The summed E-state index contributed by atoms with van der Waals surface area (Å²) in [6, 6.07) is 25.3. The maximum absolute atomic E-state index is 13.4. The summed E-state index contributed by atoms with van der Waals surface area (Å²) in [6.07, 6.45) is 4.51. The van der Waals surface area contributed by atoms with Crippen molar-refractivity contribution in [3.05, 3.63) is 96.2 Å². The number of carbonyl (C=O) groups is 1. The Morgan fingerprint density at radius 1 is 1.03 bits per heavy atom. The highest BCUT2D eigenvalue weighted by Crippen LogP contribution is 2.27. The fourth-order valence-corrected chi connectivity index (χ4v) is 4.67. The molecule has 0 radical (unpaired) electrons. The van der Waals surface area contributed by atoms with E-state index in [1.165, 1.54) is 4.90 Å². The van der Waals surface area contributed by atoms with E-state index < -0.39 is 6.04 Å². The van der Waals surface area contributed by atoms with Gasteiger partial charge in [-0.15, -0.1) is 11.8 Å². The maximum atomic E-state index is 13.4. The lowest BCUT2D eigenvalue weighted by Crippen LogP contribution is -2.39. The minimum atomic E-state index is -0.414. The van der Waals surface area contributed by atoms with Crippen LogP contribution in [-0.4, -0.2) is 39.9 Å². The summed E-state index contributed by atoms with van der Waals surface area (Å²) < 4.78 is 0. The first kappa shape index (κ1) is 22.2. The first-order valence-electron chi connectivity index (χ1n) is 11.2. The number of aliphatic hydroxyl groups excluding tert-OH is 1. The van der Waals surface area contributed by atoms with Crippen molar-refractivity contribution in [3.63, 3.8) is 0 Å². The molecule has 3 N–H and O–H groups in total. The molecule has 1 unspecified atom stereocenters. The van der Waals surface area contributed by atoms with Gasteiger partial charge >= 0.3 is 0 Å². The highest BCUT2D eigenvalue weighted by atomic mass is 32.2. The van der Waals surface area contributed by atoms with Crippen LogP contribution in [0.15, 0.2) is 90.0 Å². The van der Waals surface area contributed by atoms with Crippen LogP contribution < -0.4 is 5.32 Å². The van der Waals surface area contributed by atoms with E-state index in [2.05, 4.69) is 22.4 Å². The van der Waals surface area contributed by atoms with Crippen molar-refractivity contribution < 1.29 is 9.90 Å². The van der Waals surface area contributed by atoms with Gasteiger partial charge in [0.25, 0.3) is 5.91 Å². The lowest BCUT2D eigenvalue weighted by molar-refractivity contribution is 0.0918. The Hall–Kier alpha value is -3.61. The number of hydrogen-bond donors (Lipinski definition) is 3. The minimum Gasteiger partial charge on any atom is -0.394 e. The van der Waals surface area contributed by atoms with Gasteiger partial charge in [-0.3, -0.25) is 4.79 Å². The van der Waals surface area contributed by atoms with Crippen LogP contribution >= 0.6 is 11.8 Å². The molecule has 0 aliphatic carbocycles. The summed E-state index contributed by atoms with van der Waals surface area (Å²) in [4.78, 5) is 22.7. The van der Waals surface area contributed by atoms with Crippen molar-refractivity contribution in [1.82, 2.24) is 15.3 Å². The number of thioether (sulfide) groups is 1. The average Bonchev–Trinajstić information content (AvgIpc) is 3.30. The molecule has 5 rings (SSSR count). The number of carbonyl (C=O) groups excluding carboxylic acids is 1. The molecule has 6 heteroatoms. The quantitative estimate of drug-likeness (QED) is 0.279. The van der Waals surface area contributed by atoms with Gasteiger partial charge in [-0.2, -0.15) is 0 Å². The summed E-state index contributed by atoms with van der Waals surface area (Å²) in [5, 5.41) is 15.0.